The highest BCUT2D eigenvalue weighted by atomic mass is 16.5. The Hall–Kier alpha value is -1.81. The van der Waals surface area contributed by atoms with Crippen LogP contribution in [0, 0.1) is 12.3 Å². The van der Waals surface area contributed by atoms with Gasteiger partial charge in [0.05, 0.1) is 19.7 Å². The second kappa shape index (κ2) is 5.90. The van der Waals surface area contributed by atoms with E-state index in [9.17, 15) is 0 Å². The van der Waals surface area contributed by atoms with E-state index in [1.807, 2.05) is 12.1 Å². The normalized spacial score (nSPS) is 11.7. The lowest BCUT2D eigenvalue weighted by molar-refractivity contribution is 0.355. The van der Waals surface area contributed by atoms with Gasteiger partial charge in [-0.1, -0.05) is 13.8 Å². The van der Waals surface area contributed by atoms with Crippen molar-refractivity contribution in [3.05, 3.63) is 29.5 Å². The predicted octanol–water partition coefficient (Wildman–Crippen LogP) is 3.09. The van der Waals surface area contributed by atoms with E-state index in [0.29, 0.717) is 12.3 Å². The second-order valence-corrected chi connectivity index (χ2v) is 6.20. The van der Waals surface area contributed by atoms with Gasteiger partial charge < -0.3 is 15.2 Å². The molecule has 0 aliphatic rings. The summed E-state index contributed by atoms with van der Waals surface area (Å²) in [7, 11) is 3.28. The Morgan fingerprint density at radius 1 is 1.10 bits per heavy atom. The molecule has 1 aromatic heterocycles. The van der Waals surface area contributed by atoms with Crippen molar-refractivity contribution >= 4 is 10.9 Å². The van der Waals surface area contributed by atoms with Crippen LogP contribution in [0.4, 0.5) is 0 Å². The van der Waals surface area contributed by atoms with E-state index >= 15 is 0 Å². The summed E-state index contributed by atoms with van der Waals surface area (Å²) in [6.07, 6.45) is 0.856. The summed E-state index contributed by atoms with van der Waals surface area (Å²) in [5, 5.41) is 1.09. The Labute approximate surface area is 126 Å². The van der Waals surface area contributed by atoms with E-state index in [1.165, 1.54) is 5.56 Å². The van der Waals surface area contributed by atoms with Crippen LogP contribution in [0.25, 0.3) is 10.9 Å². The number of aryl methyl sites for hydroxylation is 1. The van der Waals surface area contributed by atoms with Crippen molar-refractivity contribution in [2.75, 3.05) is 20.8 Å². The van der Waals surface area contributed by atoms with Crippen LogP contribution >= 0.6 is 0 Å². The first-order valence-corrected chi connectivity index (χ1v) is 7.12. The molecule has 0 bridgehead atoms. The second-order valence-electron chi connectivity index (χ2n) is 6.20. The fraction of sp³-hybridized carbons (Fsp3) is 0.471. The maximum absolute atomic E-state index is 5.82. The number of rotatable bonds is 5. The third-order valence-electron chi connectivity index (χ3n) is 3.79. The Morgan fingerprint density at radius 3 is 2.29 bits per heavy atom. The first-order valence-electron chi connectivity index (χ1n) is 7.12. The Morgan fingerprint density at radius 2 is 1.71 bits per heavy atom. The van der Waals surface area contributed by atoms with Crippen molar-refractivity contribution in [3.8, 4) is 11.5 Å². The number of pyridine rings is 1. The fourth-order valence-corrected chi connectivity index (χ4v) is 2.44. The molecule has 114 valence electrons. The molecule has 0 saturated carbocycles. The van der Waals surface area contributed by atoms with Crippen LogP contribution in [0.1, 0.15) is 25.1 Å². The molecule has 0 amide bonds. The maximum atomic E-state index is 5.82. The minimum atomic E-state index is 0.0453. The number of ether oxygens (including phenoxy) is 2. The lowest BCUT2D eigenvalue weighted by Crippen LogP contribution is -2.26. The molecule has 4 nitrogen and oxygen atoms in total. The van der Waals surface area contributed by atoms with Gasteiger partial charge in [-0.15, -0.1) is 0 Å². The third kappa shape index (κ3) is 3.27. The molecule has 0 fully saturated rings. The molecular formula is C17H24N2O2. The van der Waals surface area contributed by atoms with Crippen molar-refractivity contribution in [1.29, 1.82) is 0 Å². The summed E-state index contributed by atoms with van der Waals surface area (Å²) in [4.78, 5) is 4.76. The first kappa shape index (κ1) is 15.6. The third-order valence-corrected chi connectivity index (χ3v) is 3.79. The molecule has 1 aromatic carbocycles. The van der Waals surface area contributed by atoms with Gasteiger partial charge in [0.1, 0.15) is 0 Å². The van der Waals surface area contributed by atoms with Crippen LogP contribution < -0.4 is 15.2 Å². The predicted molar refractivity (Wildman–Crippen MR) is 86.1 cm³/mol. The van der Waals surface area contributed by atoms with Gasteiger partial charge in [-0.2, -0.15) is 0 Å². The number of hydrogen-bond donors (Lipinski definition) is 1. The number of methoxy groups -OCH3 is 2. The highest BCUT2D eigenvalue weighted by Gasteiger charge is 2.18. The SMILES string of the molecule is COc1cc2nc(CC(C)(C)CN)cc(C)c2cc1OC. The minimum Gasteiger partial charge on any atom is -0.493 e. The van der Waals surface area contributed by atoms with Crippen molar-refractivity contribution in [1.82, 2.24) is 4.98 Å². The quantitative estimate of drug-likeness (QED) is 0.918. The van der Waals surface area contributed by atoms with Crippen molar-refractivity contribution < 1.29 is 9.47 Å². The summed E-state index contributed by atoms with van der Waals surface area (Å²) in [6, 6.07) is 6.04. The highest BCUT2D eigenvalue weighted by Crippen LogP contribution is 2.33. The van der Waals surface area contributed by atoms with E-state index in [4.69, 9.17) is 20.2 Å². The Kier molecular flexibility index (Phi) is 4.37. The molecule has 21 heavy (non-hydrogen) atoms. The highest BCUT2D eigenvalue weighted by molar-refractivity contribution is 5.85. The smallest absolute Gasteiger partial charge is 0.162 e. The van der Waals surface area contributed by atoms with Gasteiger partial charge in [0.15, 0.2) is 11.5 Å². The number of aromatic nitrogens is 1. The zero-order chi connectivity index (χ0) is 15.6. The van der Waals surface area contributed by atoms with E-state index in [0.717, 1.165) is 28.8 Å². The first-order chi connectivity index (χ1) is 9.90. The number of benzene rings is 1. The molecule has 0 saturated heterocycles. The molecule has 0 radical (unpaired) electrons. The summed E-state index contributed by atoms with van der Waals surface area (Å²) in [5.74, 6) is 1.43. The van der Waals surface area contributed by atoms with Gasteiger partial charge in [0, 0.05) is 17.1 Å². The molecule has 0 spiro atoms. The molecule has 1 heterocycles. The number of hydrogen-bond acceptors (Lipinski definition) is 4. The van der Waals surface area contributed by atoms with Crippen LogP contribution in [-0.2, 0) is 6.42 Å². The van der Waals surface area contributed by atoms with Crippen LogP contribution in [0.5, 0.6) is 11.5 Å². The summed E-state index contributed by atoms with van der Waals surface area (Å²) >= 11 is 0. The summed E-state index contributed by atoms with van der Waals surface area (Å²) in [5.41, 5.74) is 9.04. The maximum Gasteiger partial charge on any atom is 0.162 e. The lowest BCUT2D eigenvalue weighted by atomic mass is 9.87. The zero-order valence-electron chi connectivity index (χ0n) is 13.5. The largest absolute Gasteiger partial charge is 0.493 e. The van der Waals surface area contributed by atoms with Gasteiger partial charge in [0.25, 0.3) is 0 Å². The van der Waals surface area contributed by atoms with E-state index in [-0.39, 0.29) is 5.41 Å². The average Bonchev–Trinajstić information content (AvgIpc) is 2.45. The van der Waals surface area contributed by atoms with Crippen molar-refractivity contribution in [3.63, 3.8) is 0 Å². The summed E-state index contributed by atoms with van der Waals surface area (Å²) in [6.45, 7) is 7.04. The average molecular weight is 288 g/mol. The molecule has 4 heteroatoms. The van der Waals surface area contributed by atoms with Crippen LogP contribution in [-0.4, -0.2) is 25.7 Å². The molecule has 0 aliphatic heterocycles. The molecule has 0 unspecified atom stereocenters. The molecule has 2 aromatic rings. The van der Waals surface area contributed by atoms with Gasteiger partial charge in [-0.05, 0) is 43.0 Å². The fourth-order valence-electron chi connectivity index (χ4n) is 2.44. The van der Waals surface area contributed by atoms with Gasteiger partial charge in [-0.25, -0.2) is 0 Å². The molecule has 0 aliphatic carbocycles. The number of fused-ring (bicyclic) bond motifs is 1. The zero-order valence-corrected chi connectivity index (χ0v) is 13.5. The summed E-state index contributed by atoms with van der Waals surface area (Å²) < 4.78 is 10.7. The van der Waals surface area contributed by atoms with Crippen LogP contribution in [0.15, 0.2) is 18.2 Å². The molecule has 0 atom stereocenters. The Balaban J connectivity index is 2.54. The Bertz CT molecular complexity index is 651. The molecular weight excluding hydrogens is 264 g/mol. The topological polar surface area (TPSA) is 57.4 Å². The molecule has 2 rings (SSSR count). The van der Waals surface area contributed by atoms with Crippen molar-refractivity contribution in [2.45, 2.75) is 27.2 Å². The van der Waals surface area contributed by atoms with Gasteiger partial charge >= 0.3 is 0 Å². The van der Waals surface area contributed by atoms with Gasteiger partial charge in [0.2, 0.25) is 0 Å². The standard InChI is InChI=1S/C17H24N2O2/c1-11-6-12(9-17(2,3)10-18)19-14-8-16(21-5)15(20-4)7-13(11)14/h6-8H,9-10,18H2,1-5H3. The van der Waals surface area contributed by atoms with E-state index in [2.05, 4.69) is 26.8 Å². The van der Waals surface area contributed by atoms with Crippen LogP contribution in [0.2, 0.25) is 0 Å². The number of nitrogens with two attached hydrogens (primary N) is 1. The van der Waals surface area contributed by atoms with E-state index in [1.54, 1.807) is 14.2 Å². The van der Waals surface area contributed by atoms with Gasteiger partial charge in [-0.3, -0.25) is 4.98 Å². The van der Waals surface area contributed by atoms with Crippen molar-refractivity contribution in [2.24, 2.45) is 11.1 Å². The lowest BCUT2D eigenvalue weighted by Gasteiger charge is -2.22. The monoisotopic (exact) mass is 288 g/mol. The number of nitrogens with zero attached hydrogens (tertiary/aromatic N) is 1. The minimum absolute atomic E-state index is 0.0453. The van der Waals surface area contributed by atoms with E-state index < -0.39 is 0 Å². The molecule has 2 N–H and O–H groups in total. The van der Waals surface area contributed by atoms with Crippen LogP contribution in [0.3, 0.4) is 0 Å².